The van der Waals surface area contributed by atoms with Gasteiger partial charge in [-0.15, -0.1) is 0 Å². The Hall–Kier alpha value is -2.69. The summed E-state index contributed by atoms with van der Waals surface area (Å²) in [5.74, 6) is -0.109. The number of aromatic nitrogens is 1. The fraction of sp³-hybridized carbons (Fsp3) is 0.278. The molecule has 23 heavy (non-hydrogen) atoms. The number of carbonyl (C=O) groups is 2. The van der Waals surface area contributed by atoms with E-state index in [1.54, 1.807) is 29.4 Å². The van der Waals surface area contributed by atoms with E-state index in [4.69, 9.17) is 0 Å². The summed E-state index contributed by atoms with van der Waals surface area (Å²) in [5, 5.41) is 0. The number of benzene rings is 1. The van der Waals surface area contributed by atoms with Gasteiger partial charge in [0, 0.05) is 25.5 Å². The number of piperazine rings is 1. The Bertz CT molecular complexity index is 760. The van der Waals surface area contributed by atoms with Crippen molar-refractivity contribution in [1.82, 2.24) is 14.8 Å². The van der Waals surface area contributed by atoms with Gasteiger partial charge in [-0.1, -0.05) is 24.3 Å². The topological polar surface area (TPSA) is 53.5 Å². The molecule has 2 aromatic rings. The molecule has 0 bridgehead atoms. The van der Waals surface area contributed by atoms with Crippen molar-refractivity contribution in [3.63, 3.8) is 0 Å². The van der Waals surface area contributed by atoms with E-state index >= 15 is 0 Å². The molecule has 2 aliphatic heterocycles. The summed E-state index contributed by atoms with van der Waals surface area (Å²) < 4.78 is 0. The second kappa shape index (κ2) is 5.50. The second-order valence-corrected chi connectivity index (χ2v) is 5.98. The summed E-state index contributed by atoms with van der Waals surface area (Å²) in [6, 6.07) is 11.6. The van der Waals surface area contributed by atoms with E-state index in [1.165, 1.54) is 5.56 Å². The Morgan fingerprint density at radius 2 is 2.04 bits per heavy atom. The first-order valence-corrected chi connectivity index (χ1v) is 7.80. The van der Waals surface area contributed by atoms with Gasteiger partial charge in [-0.2, -0.15) is 0 Å². The van der Waals surface area contributed by atoms with Gasteiger partial charge in [0.25, 0.3) is 5.91 Å². The first kappa shape index (κ1) is 13.9. The van der Waals surface area contributed by atoms with Crippen molar-refractivity contribution in [3.8, 4) is 0 Å². The molecule has 1 fully saturated rings. The molecule has 1 aromatic heterocycles. The molecule has 0 spiro atoms. The zero-order valence-electron chi connectivity index (χ0n) is 12.7. The van der Waals surface area contributed by atoms with Crippen LogP contribution < -0.4 is 0 Å². The summed E-state index contributed by atoms with van der Waals surface area (Å²) in [7, 11) is 0. The van der Waals surface area contributed by atoms with Crippen LogP contribution in [0.3, 0.4) is 0 Å². The molecule has 5 heteroatoms. The number of rotatable bonds is 1. The minimum Gasteiger partial charge on any atom is -0.332 e. The third kappa shape index (κ3) is 2.38. The van der Waals surface area contributed by atoms with Crippen LogP contribution in [-0.4, -0.2) is 46.2 Å². The van der Waals surface area contributed by atoms with Crippen LogP contribution in [0.25, 0.3) is 0 Å². The normalized spacial score (nSPS) is 20.0. The number of amides is 2. The second-order valence-electron chi connectivity index (χ2n) is 5.98. The van der Waals surface area contributed by atoms with Crippen molar-refractivity contribution in [2.24, 2.45) is 0 Å². The summed E-state index contributed by atoms with van der Waals surface area (Å²) in [6.07, 6.45) is 4.07. The maximum Gasteiger partial charge on any atom is 0.255 e. The number of nitrogens with zero attached hydrogens (tertiary/aromatic N) is 3. The Kier molecular flexibility index (Phi) is 3.33. The number of fused-ring (bicyclic) bond motifs is 3. The molecular formula is C18H17N3O2. The van der Waals surface area contributed by atoms with Gasteiger partial charge in [0.1, 0.15) is 6.54 Å². The third-order valence-corrected chi connectivity index (χ3v) is 4.65. The zero-order chi connectivity index (χ0) is 15.8. The van der Waals surface area contributed by atoms with Crippen LogP contribution in [0.4, 0.5) is 0 Å². The first-order valence-electron chi connectivity index (χ1n) is 7.80. The van der Waals surface area contributed by atoms with Crippen LogP contribution in [-0.2, 0) is 11.2 Å². The fourth-order valence-electron chi connectivity index (χ4n) is 3.50. The molecule has 1 saturated heterocycles. The van der Waals surface area contributed by atoms with E-state index < -0.39 is 0 Å². The Morgan fingerprint density at radius 3 is 2.87 bits per heavy atom. The van der Waals surface area contributed by atoms with E-state index in [2.05, 4.69) is 17.1 Å². The largest absolute Gasteiger partial charge is 0.332 e. The van der Waals surface area contributed by atoms with Gasteiger partial charge in [0.2, 0.25) is 5.91 Å². The molecule has 1 atom stereocenters. The Morgan fingerprint density at radius 1 is 1.17 bits per heavy atom. The molecule has 116 valence electrons. The van der Waals surface area contributed by atoms with Crippen molar-refractivity contribution in [3.05, 3.63) is 65.5 Å². The highest BCUT2D eigenvalue weighted by atomic mass is 16.2. The predicted molar refractivity (Wildman–Crippen MR) is 84.7 cm³/mol. The van der Waals surface area contributed by atoms with Crippen LogP contribution in [0.1, 0.15) is 27.5 Å². The molecule has 2 amide bonds. The molecule has 0 saturated carbocycles. The lowest BCUT2D eigenvalue weighted by Crippen LogP contribution is -2.55. The molecule has 0 aliphatic carbocycles. The highest BCUT2D eigenvalue weighted by Crippen LogP contribution is 2.33. The van der Waals surface area contributed by atoms with Gasteiger partial charge in [0.05, 0.1) is 11.6 Å². The number of hydrogen-bond acceptors (Lipinski definition) is 3. The molecule has 3 heterocycles. The lowest BCUT2D eigenvalue weighted by atomic mass is 9.90. The quantitative estimate of drug-likeness (QED) is 0.805. The summed E-state index contributed by atoms with van der Waals surface area (Å²) >= 11 is 0. The van der Waals surface area contributed by atoms with E-state index in [1.807, 2.05) is 17.0 Å². The van der Waals surface area contributed by atoms with Gasteiger partial charge in [0.15, 0.2) is 0 Å². The van der Waals surface area contributed by atoms with Crippen LogP contribution >= 0.6 is 0 Å². The number of pyridine rings is 1. The Balaban J connectivity index is 1.65. The van der Waals surface area contributed by atoms with E-state index in [0.29, 0.717) is 12.1 Å². The zero-order valence-corrected chi connectivity index (χ0v) is 12.7. The smallest absolute Gasteiger partial charge is 0.255 e. The van der Waals surface area contributed by atoms with Crippen molar-refractivity contribution in [2.75, 3.05) is 19.6 Å². The SMILES string of the molecule is O=C(c1cccnc1)N1CC(=O)N2CCc3ccccc3[C@@H]2C1. The predicted octanol–water partition coefficient (Wildman–Crippen LogP) is 1.66. The molecule has 0 N–H and O–H groups in total. The molecule has 4 rings (SSSR count). The van der Waals surface area contributed by atoms with Gasteiger partial charge in [-0.25, -0.2) is 0 Å². The molecule has 5 nitrogen and oxygen atoms in total. The summed E-state index contributed by atoms with van der Waals surface area (Å²) in [5.41, 5.74) is 2.96. The fourth-order valence-corrected chi connectivity index (χ4v) is 3.50. The van der Waals surface area contributed by atoms with E-state index in [9.17, 15) is 9.59 Å². The molecular weight excluding hydrogens is 290 g/mol. The van der Waals surface area contributed by atoms with Crippen molar-refractivity contribution < 1.29 is 9.59 Å². The van der Waals surface area contributed by atoms with Crippen molar-refractivity contribution >= 4 is 11.8 Å². The minimum atomic E-state index is -0.130. The molecule has 0 unspecified atom stereocenters. The van der Waals surface area contributed by atoms with Crippen molar-refractivity contribution in [2.45, 2.75) is 12.5 Å². The lowest BCUT2D eigenvalue weighted by molar-refractivity contribution is -0.139. The Labute approximate surface area is 134 Å². The third-order valence-electron chi connectivity index (χ3n) is 4.65. The van der Waals surface area contributed by atoms with Crippen molar-refractivity contribution in [1.29, 1.82) is 0 Å². The van der Waals surface area contributed by atoms with Gasteiger partial charge in [-0.3, -0.25) is 14.6 Å². The van der Waals surface area contributed by atoms with E-state index in [-0.39, 0.29) is 24.4 Å². The monoisotopic (exact) mass is 307 g/mol. The lowest BCUT2D eigenvalue weighted by Gasteiger charge is -2.44. The van der Waals surface area contributed by atoms with Gasteiger partial charge < -0.3 is 9.80 Å². The number of hydrogen-bond donors (Lipinski definition) is 0. The van der Waals surface area contributed by atoms with Crippen LogP contribution in [0.15, 0.2) is 48.8 Å². The van der Waals surface area contributed by atoms with Gasteiger partial charge in [-0.05, 0) is 29.7 Å². The van der Waals surface area contributed by atoms with Crippen LogP contribution in [0, 0.1) is 0 Å². The first-order chi connectivity index (χ1) is 11.2. The van der Waals surface area contributed by atoms with E-state index in [0.717, 1.165) is 18.5 Å². The standard InChI is InChI=1S/C18H17N3O2/c22-17-12-20(18(23)14-5-3-8-19-10-14)11-16-15-6-2-1-4-13(15)7-9-21(16)17/h1-6,8,10,16H,7,9,11-12H2/t16-/m0/s1. The summed E-state index contributed by atoms with van der Waals surface area (Å²) in [4.78, 5) is 32.7. The van der Waals surface area contributed by atoms with Gasteiger partial charge >= 0.3 is 0 Å². The van der Waals surface area contributed by atoms with Crippen LogP contribution in [0.2, 0.25) is 0 Å². The average molecular weight is 307 g/mol. The highest BCUT2D eigenvalue weighted by molar-refractivity contribution is 5.97. The maximum atomic E-state index is 12.6. The van der Waals surface area contributed by atoms with Crippen LogP contribution in [0.5, 0.6) is 0 Å². The molecule has 2 aliphatic rings. The molecule has 0 radical (unpaired) electrons. The summed E-state index contributed by atoms with van der Waals surface area (Å²) in [6.45, 7) is 1.41. The minimum absolute atomic E-state index is 0.0213. The number of carbonyl (C=O) groups excluding carboxylic acids is 2. The molecule has 1 aromatic carbocycles. The maximum absolute atomic E-state index is 12.6. The highest BCUT2D eigenvalue weighted by Gasteiger charge is 2.38. The average Bonchev–Trinajstić information content (AvgIpc) is 2.61.